The van der Waals surface area contributed by atoms with Crippen LogP contribution < -0.4 is 0 Å². The Morgan fingerprint density at radius 1 is 1.22 bits per heavy atom. The number of benzene rings is 1. The average Bonchev–Trinajstić information content (AvgIpc) is 2.33. The molecule has 1 aromatic carbocycles. The van der Waals surface area contributed by atoms with Crippen LogP contribution in [0.25, 0.3) is 0 Å². The van der Waals surface area contributed by atoms with Gasteiger partial charge in [0.2, 0.25) is 0 Å². The Kier molecular flexibility index (Phi) is 3.79. The molecule has 1 aromatic rings. The highest BCUT2D eigenvalue weighted by molar-refractivity contribution is 5.40. The van der Waals surface area contributed by atoms with E-state index < -0.39 is 5.60 Å². The summed E-state index contributed by atoms with van der Waals surface area (Å²) < 4.78 is 5.68. The largest absolute Gasteiger partial charge is 0.385 e. The van der Waals surface area contributed by atoms with Gasteiger partial charge in [-0.2, -0.15) is 0 Å². The standard InChI is InChI=1S/C16H24O2/c1-5-14-10-16(17,6-7-18-14)15-9-12(3)11(2)8-13(15)4/h8-9,14,17H,5-7,10H2,1-4H3. The van der Waals surface area contributed by atoms with Crippen molar-refractivity contribution in [3.8, 4) is 0 Å². The third kappa shape index (κ3) is 2.45. The predicted octanol–water partition coefficient (Wildman–Crippen LogP) is 3.39. The minimum absolute atomic E-state index is 0.185. The molecule has 100 valence electrons. The zero-order valence-electron chi connectivity index (χ0n) is 11.9. The van der Waals surface area contributed by atoms with Gasteiger partial charge in [0.15, 0.2) is 0 Å². The second-order valence-electron chi connectivity index (χ2n) is 5.64. The highest BCUT2D eigenvalue weighted by Crippen LogP contribution is 2.37. The second kappa shape index (κ2) is 5.02. The van der Waals surface area contributed by atoms with E-state index in [1.165, 1.54) is 16.7 Å². The van der Waals surface area contributed by atoms with E-state index >= 15 is 0 Å². The second-order valence-corrected chi connectivity index (χ2v) is 5.64. The molecule has 1 heterocycles. The summed E-state index contributed by atoms with van der Waals surface area (Å²) in [5, 5.41) is 11.0. The Balaban J connectivity index is 2.37. The predicted molar refractivity (Wildman–Crippen MR) is 73.8 cm³/mol. The zero-order chi connectivity index (χ0) is 13.3. The lowest BCUT2D eigenvalue weighted by atomic mass is 9.80. The van der Waals surface area contributed by atoms with E-state index in [0.29, 0.717) is 19.4 Å². The fourth-order valence-corrected chi connectivity index (χ4v) is 2.90. The maximum absolute atomic E-state index is 11.0. The summed E-state index contributed by atoms with van der Waals surface area (Å²) in [6.45, 7) is 9.09. The summed E-state index contributed by atoms with van der Waals surface area (Å²) in [6.07, 6.45) is 2.57. The van der Waals surface area contributed by atoms with Gasteiger partial charge in [-0.05, 0) is 49.4 Å². The number of aliphatic hydroxyl groups is 1. The Morgan fingerprint density at radius 3 is 2.56 bits per heavy atom. The Morgan fingerprint density at radius 2 is 1.89 bits per heavy atom. The molecule has 2 atom stereocenters. The SMILES string of the molecule is CCC1CC(O)(c2cc(C)c(C)cc2C)CCO1. The molecule has 2 rings (SSSR count). The summed E-state index contributed by atoms with van der Waals surface area (Å²) in [6, 6.07) is 4.34. The number of rotatable bonds is 2. The van der Waals surface area contributed by atoms with E-state index in [1.54, 1.807) is 0 Å². The van der Waals surface area contributed by atoms with E-state index in [-0.39, 0.29) is 6.10 Å². The molecule has 0 aromatic heterocycles. The van der Waals surface area contributed by atoms with E-state index in [9.17, 15) is 5.11 Å². The smallest absolute Gasteiger partial charge is 0.0945 e. The average molecular weight is 248 g/mol. The quantitative estimate of drug-likeness (QED) is 0.869. The van der Waals surface area contributed by atoms with E-state index in [4.69, 9.17) is 4.74 Å². The summed E-state index contributed by atoms with van der Waals surface area (Å²) >= 11 is 0. The van der Waals surface area contributed by atoms with E-state index in [2.05, 4.69) is 39.8 Å². The monoisotopic (exact) mass is 248 g/mol. The molecule has 1 fully saturated rings. The highest BCUT2D eigenvalue weighted by atomic mass is 16.5. The van der Waals surface area contributed by atoms with E-state index in [1.807, 2.05) is 0 Å². The molecular formula is C16H24O2. The van der Waals surface area contributed by atoms with Gasteiger partial charge in [0, 0.05) is 12.8 Å². The van der Waals surface area contributed by atoms with Gasteiger partial charge in [-0.15, -0.1) is 0 Å². The molecule has 0 aliphatic carbocycles. The van der Waals surface area contributed by atoms with Crippen LogP contribution in [0.4, 0.5) is 0 Å². The van der Waals surface area contributed by atoms with Crippen molar-refractivity contribution in [2.45, 2.75) is 58.7 Å². The van der Waals surface area contributed by atoms with Gasteiger partial charge < -0.3 is 9.84 Å². The molecule has 0 radical (unpaired) electrons. The Bertz CT molecular complexity index is 439. The van der Waals surface area contributed by atoms with Crippen molar-refractivity contribution in [3.05, 3.63) is 34.4 Å². The van der Waals surface area contributed by atoms with Crippen LogP contribution in [0, 0.1) is 20.8 Å². The van der Waals surface area contributed by atoms with Crippen molar-refractivity contribution in [2.75, 3.05) is 6.61 Å². The molecule has 0 saturated carbocycles. The van der Waals surface area contributed by atoms with Crippen LogP contribution >= 0.6 is 0 Å². The van der Waals surface area contributed by atoms with Crippen LogP contribution in [0.15, 0.2) is 12.1 Å². The van der Waals surface area contributed by atoms with Gasteiger partial charge in [0.1, 0.15) is 0 Å². The van der Waals surface area contributed by atoms with Crippen LogP contribution in [0.2, 0.25) is 0 Å². The minimum Gasteiger partial charge on any atom is -0.385 e. The molecule has 2 heteroatoms. The molecule has 0 spiro atoms. The molecule has 2 unspecified atom stereocenters. The van der Waals surface area contributed by atoms with Gasteiger partial charge in [0.25, 0.3) is 0 Å². The fourth-order valence-electron chi connectivity index (χ4n) is 2.90. The lowest BCUT2D eigenvalue weighted by molar-refractivity contribution is -0.108. The number of aryl methyl sites for hydroxylation is 3. The van der Waals surface area contributed by atoms with Gasteiger partial charge in [-0.3, -0.25) is 0 Å². The van der Waals surface area contributed by atoms with Gasteiger partial charge in [0.05, 0.1) is 18.3 Å². The Labute approximate surface area is 110 Å². The van der Waals surface area contributed by atoms with Crippen LogP contribution in [0.1, 0.15) is 48.4 Å². The molecule has 1 N–H and O–H groups in total. The lowest BCUT2D eigenvalue weighted by Crippen LogP contribution is -2.39. The van der Waals surface area contributed by atoms with Crippen molar-refractivity contribution in [3.63, 3.8) is 0 Å². The van der Waals surface area contributed by atoms with Gasteiger partial charge >= 0.3 is 0 Å². The first-order chi connectivity index (χ1) is 8.46. The number of ether oxygens (including phenoxy) is 1. The molecule has 1 aliphatic heterocycles. The normalized spacial score (nSPS) is 28.4. The first kappa shape index (κ1) is 13.6. The maximum atomic E-state index is 11.0. The zero-order valence-corrected chi connectivity index (χ0v) is 11.9. The van der Waals surface area contributed by atoms with Crippen LogP contribution in [-0.4, -0.2) is 17.8 Å². The topological polar surface area (TPSA) is 29.5 Å². The van der Waals surface area contributed by atoms with Gasteiger partial charge in [-0.25, -0.2) is 0 Å². The van der Waals surface area contributed by atoms with Crippen LogP contribution in [0.5, 0.6) is 0 Å². The highest BCUT2D eigenvalue weighted by Gasteiger charge is 2.37. The van der Waals surface area contributed by atoms with E-state index in [0.717, 1.165) is 12.0 Å². The summed E-state index contributed by atoms with van der Waals surface area (Å²) in [5.74, 6) is 0. The molecule has 0 amide bonds. The first-order valence-electron chi connectivity index (χ1n) is 6.88. The summed E-state index contributed by atoms with van der Waals surface area (Å²) in [7, 11) is 0. The van der Waals surface area contributed by atoms with Crippen molar-refractivity contribution in [1.29, 1.82) is 0 Å². The van der Waals surface area contributed by atoms with Crippen molar-refractivity contribution >= 4 is 0 Å². The third-order valence-electron chi connectivity index (χ3n) is 4.23. The Hall–Kier alpha value is -0.860. The van der Waals surface area contributed by atoms with Crippen LogP contribution in [0.3, 0.4) is 0 Å². The fraction of sp³-hybridized carbons (Fsp3) is 0.625. The maximum Gasteiger partial charge on any atom is 0.0945 e. The van der Waals surface area contributed by atoms with Crippen molar-refractivity contribution in [1.82, 2.24) is 0 Å². The van der Waals surface area contributed by atoms with Crippen molar-refractivity contribution < 1.29 is 9.84 Å². The number of hydrogen-bond acceptors (Lipinski definition) is 2. The molecule has 0 bridgehead atoms. The summed E-state index contributed by atoms with van der Waals surface area (Å²) in [4.78, 5) is 0. The van der Waals surface area contributed by atoms with Crippen LogP contribution in [-0.2, 0) is 10.3 Å². The minimum atomic E-state index is -0.707. The first-order valence-corrected chi connectivity index (χ1v) is 6.88. The molecule has 2 nitrogen and oxygen atoms in total. The summed E-state index contributed by atoms with van der Waals surface area (Å²) in [5.41, 5.74) is 4.12. The van der Waals surface area contributed by atoms with Gasteiger partial charge in [-0.1, -0.05) is 19.1 Å². The number of hydrogen-bond donors (Lipinski definition) is 1. The lowest BCUT2D eigenvalue weighted by Gasteiger charge is -2.38. The molecule has 1 saturated heterocycles. The molecule has 18 heavy (non-hydrogen) atoms. The molecular weight excluding hydrogens is 224 g/mol. The molecule has 1 aliphatic rings. The third-order valence-corrected chi connectivity index (χ3v) is 4.23. The van der Waals surface area contributed by atoms with Crippen molar-refractivity contribution in [2.24, 2.45) is 0 Å².